The molecule has 1 aromatic carbocycles. The lowest BCUT2D eigenvalue weighted by atomic mass is 9.91. The molecule has 1 aliphatic rings. The topological polar surface area (TPSA) is 92.4 Å². The summed E-state index contributed by atoms with van der Waals surface area (Å²) in [5.74, 6) is 0. The molecule has 1 saturated carbocycles. The molecule has 0 bridgehead atoms. The summed E-state index contributed by atoms with van der Waals surface area (Å²) in [5, 5.41) is 9.13. The zero-order chi connectivity index (χ0) is 12.6. The summed E-state index contributed by atoms with van der Waals surface area (Å²) in [6, 6.07) is 4.54. The minimum Gasteiger partial charge on any atom is -0.399 e. The number of hydrogen-bond acceptors (Lipinski definition) is 4. The maximum atomic E-state index is 12.0. The van der Waals surface area contributed by atoms with Gasteiger partial charge in [0.2, 0.25) is 10.0 Å². The molecule has 0 atom stereocenters. The summed E-state index contributed by atoms with van der Waals surface area (Å²) in [4.78, 5) is 0.244. The van der Waals surface area contributed by atoms with Crippen molar-refractivity contribution in [1.29, 1.82) is 0 Å². The summed E-state index contributed by atoms with van der Waals surface area (Å²) < 4.78 is 26.7. The molecule has 0 heterocycles. The molecule has 1 aliphatic carbocycles. The third kappa shape index (κ3) is 2.59. The van der Waals surface area contributed by atoms with Crippen molar-refractivity contribution < 1.29 is 13.5 Å². The van der Waals surface area contributed by atoms with Gasteiger partial charge >= 0.3 is 0 Å². The van der Waals surface area contributed by atoms with Crippen molar-refractivity contribution in [2.75, 3.05) is 5.73 Å². The van der Waals surface area contributed by atoms with Gasteiger partial charge in [-0.3, -0.25) is 0 Å². The van der Waals surface area contributed by atoms with Crippen LogP contribution in [0.15, 0.2) is 23.1 Å². The molecular weight excluding hydrogens is 240 g/mol. The first-order chi connectivity index (χ1) is 7.88. The summed E-state index contributed by atoms with van der Waals surface area (Å²) in [6.07, 6.45) is 0.579. The van der Waals surface area contributed by atoms with Crippen LogP contribution >= 0.6 is 0 Å². The van der Waals surface area contributed by atoms with Crippen molar-refractivity contribution in [1.82, 2.24) is 4.72 Å². The van der Waals surface area contributed by atoms with Crippen molar-refractivity contribution in [2.24, 2.45) is 0 Å². The van der Waals surface area contributed by atoms with E-state index in [0.29, 0.717) is 24.1 Å². The van der Waals surface area contributed by atoms with Gasteiger partial charge in [0.25, 0.3) is 0 Å². The Morgan fingerprint density at radius 1 is 1.41 bits per heavy atom. The number of anilines is 1. The third-order valence-corrected chi connectivity index (χ3v) is 4.60. The number of nitrogens with two attached hydrogens (primary N) is 1. The molecular formula is C11H16N2O3S. The number of aryl methyl sites for hydroxylation is 1. The number of aliphatic hydroxyl groups is 1. The lowest BCUT2D eigenvalue weighted by Crippen LogP contribution is -2.46. The highest BCUT2D eigenvalue weighted by atomic mass is 32.2. The maximum absolute atomic E-state index is 12.0. The van der Waals surface area contributed by atoms with Crippen LogP contribution in [0.5, 0.6) is 0 Å². The van der Waals surface area contributed by atoms with Gasteiger partial charge in [0, 0.05) is 11.7 Å². The Bertz CT molecular complexity index is 522. The predicted molar refractivity (Wildman–Crippen MR) is 64.9 cm³/mol. The molecule has 0 spiro atoms. The van der Waals surface area contributed by atoms with E-state index < -0.39 is 10.0 Å². The fraction of sp³-hybridized carbons (Fsp3) is 0.455. The second kappa shape index (κ2) is 4.29. The Hall–Kier alpha value is -1.11. The van der Waals surface area contributed by atoms with E-state index in [9.17, 15) is 8.42 Å². The molecule has 0 amide bonds. The average molecular weight is 256 g/mol. The van der Waals surface area contributed by atoms with Gasteiger partial charge in [0.15, 0.2) is 0 Å². The van der Waals surface area contributed by atoms with E-state index in [-0.39, 0.29) is 17.0 Å². The van der Waals surface area contributed by atoms with Gasteiger partial charge in [-0.25, -0.2) is 13.1 Å². The van der Waals surface area contributed by atoms with Crippen LogP contribution in [0.4, 0.5) is 5.69 Å². The first-order valence-corrected chi connectivity index (χ1v) is 6.93. The molecule has 0 radical (unpaired) electrons. The molecule has 1 fully saturated rings. The Kier molecular flexibility index (Phi) is 3.11. The highest BCUT2D eigenvalue weighted by molar-refractivity contribution is 7.89. The van der Waals surface area contributed by atoms with Gasteiger partial charge in [-0.15, -0.1) is 0 Å². The van der Waals surface area contributed by atoms with Crippen LogP contribution in [0.1, 0.15) is 18.4 Å². The van der Waals surface area contributed by atoms with Crippen molar-refractivity contribution >= 4 is 15.7 Å². The second-order valence-corrected chi connectivity index (χ2v) is 6.15. The highest BCUT2D eigenvalue weighted by Gasteiger charge is 2.31. The number of nitrogens with one attached hydrogen (secondary N) is 1. The number of nitrogen functional groups attached to an aromatic ring is 1. The van der Waals surface area contributed by atoms with E-state index in [0.717, 1.165) is 0 Å². The molecule has 2 rings (SSSR count). The molecule has 1 aromatic rings. The van der Waals surface area contributed by atoms with E-state index >= 15 is 0 Å². The minimum absolute atomic E-state index is 0.160. The lowest BCUT2D eigenvalue weighted by Gasteiger charge is -2.31. The molecule has 0 saturated heterocycles. The SMILES string of the molecule is Cc1cc(N)ccc1S(=O)(=O)NC1CC(O)C1. The monoisotopic (exact) mass is 256 g/mol. The Labute approximate surface area is 101 Å². The summed E-state index contributed by atoms with van der Waals surface area (Å²) in [6.45, 7) is 1.71. The van der Waals surface area contributed by atoms with Gasteiger partial charge in [-0.2, -0.15) is 0 Å². The van der Waals surface area contributed by atoms with E-state index in [1.54, 1.807) is 19.1 Å². The first-order valence-electron chi connectivity index (χ1n) is 5.45. The van der Waals surface area contributed by atoms with Crippen molar-refractivity contribution in [3.63, 3.8) is 0 Å². The van der Waals surface area contributed by atoms with Crippen LogP contribution in [0, 0.1) is 6.92 Å². The summed E-state index contributed by atoms with van der Waals surface area (Å²) >= 11 is 0. The Morgan fingerprint density at radius 2 is 2.06 bits per heavy atom. The van der Waals surface area contributed by atoms with Crippen LogP contribution in [0.25, 0.3) is 0 Å². The fourth-order valence-corrected chi connectivity index (χ4v) is 3.43. The van der Waals surface area contributed by atoms with Gasteiger partial charge in [-0.05, 0) is 43.5 Å². The largest absolute Gasteiger partial charge is 0.399 e. The molecule has 6 heteroatoms. The number of hydrogen-bond donors (Lipinski definition) is 3. The van der Waals surface area contributed by atoms with Gasteiger partial charge in [0.05, 0.1) is 11.0 Å². The summed E-state index contributed by atoms with van der Waals surface area (Å²) in [5.41, 5.74) is 6.74. The van der Waals surface area contributed by atoms with E-state index in [4.69, 9.17) is 10.8 Å². The number of rotatable bonds is 3. The Morgan fingerprint density at radius 3 is 2.59 bits per heavy atom. The maximum Gasteiger partial charge on any atom is 0.241 e. The number of aliphatic hydroxyl groups excluding tert-OH is 1. The normalized spacial score (nSPS) is 24.4. The van der Waals surface area contributed by atoms with Crippen LogP contribution < -0.4 is 10.5 Å². The van der Waals surface area contributed by atoms with E-state index in [1.165, 1.54) is 6.07 Å². The molecule has 0 aromatic heterocycles. The van der Waals surface area contributed by atoms with Crippen molar-refractivity contribution in [3.05, 3.63) is 23.8 Å². The zero-order valence-electron chi connectivity index (χ0n) is 9.55. The molecule has 0 unspecified atom stereocenters. The number of sulfonamides is 1. The number of benzene rings is 1. The predicted octanol–water partition coefficient (Wildman–Crippen LogP) is 0.379. The lowest BCUT2D eigenvalue weighted by molar-refractivity contribution is 0.0712. The molecule has 4 N–H and O–H groups in total. The van der Waals surface area contributed by atoms with Gasteiger partial charge < -0.3 is 10.8 Å². The summed E-state index contributed by atoms with van der Waals surface area (Å²) in [7, 11) is -3.51. The molecule has 5 nitrogen and oxygen atoms in total. The van der Waals surface area contributed by atoms with Crippen LogP contribution in [-0.2, 0) is 10.0 Å². The van der Waals surface area contributed by atoms with Gasteiger partial charge in [-0.1, -0.05) is 0 Å². The smallest absolute Gasteiger partial charge is 0.241 e. The zero-order valence-corrected chi connectivity index (χ0v) is 10.4. The van der Waals surface area contributed by atoms with Gasteiger partial charge in [0.1, 0.15) is 0 Å². The van der Waals surface area contributed by atoms with Crippen LogP contribution in [-0.4, -0.2) is 25.7 Å². The molecule has 17 heavy (non-hydrogen) atoms. The van der Waals surface area contributed by atoms with Crippen molar-refractivity contribution in [2.45, 2.75) is 36.8 Å². The van der Waals surface area contributed by atoms with Crippen LogP contribution in [0.3, 0.4) is 0 Å². The molecule has 0 aliphatic heterocycles. The second-order valence-electron chi connectivity index (χ2n) is 4.47. The van der Waals surface area contributed by atoms with Crippen molar-refractivity contribution in [3.8, 4) is 0 Å². The van der Waals surface area contributed by atoms with E-state index in [1.807, 2.05) is 0 Å². The third-order valence-electron chi connectivity index (χ3n) is 2.92. The highest BCUT2D eigenvalue weighted by Crippen LogP contribution is 2.23. The first kappa shape index (κ1) is 12.3. The fourth-order valence-electron chi connectivity index (χ4n) is 1.94. The van der Waals surface area contributed by atoms with Crippen LogP contribution in [0.2, 0.25) is 0 Å². The van der Waals surface area contributed by atoms with E-state index in [2.05, 4.69) is 4.72 Å². The average Bonchev–Trinajstić information content (AvgIpc) is 2.14. The molecule has 94 valence electrons. The Balaban J connectivity index is 2.20. The quantitative estimate of drug-likeness (QED) is 0.682. The standard InChI is InChI=1S/C11H16N2O3S/c1-7-4-8(12)2-3-11(7)17(15,16)13-9-5-10(14)6-9/h2-4,9-10,13-14H,5-6,12H2,1H3. The minimum atomic E-state index is -3.51.